The fourth-order valence-electron chi connectivity index (χ4n) is 3.24. The molecule has 3 N–H and O–H groups in total. The molecule has 5 nitrogen and oxygen atoms in total. The molecule has 2 aliphatic heterocycles. The maximum Gasteiger partial charge on any atom is 0.238 e. The summed E-state index contributed by atoms with van der Waals surface area (Å²) in [6.07, 6.45) is 2.67. The summed E-state index contributed by atoms with van der Waals surface area (Å²) in [5.41, 5.74) is 5.29. The second-order valence-electron chi connectivity index (χ2n) is 6.09. The monoisotopic (exact) mass is 269 g/mol. The van der Waals surface area contributed by atoms with Gasteiger partial charge in [-0.1, -0.05) is 13.8 Å². The second-order valence-corrected chi connectivity index (χ2v) is 6.09. The number of nitrogens with two attached hydrogens (primary N) is 1. The molecule has 110 valence electrons. The average molecular weight is 269 g/mol. The third-order valence-corrected chi connectivity index (χ3v) is 4.53. The Kier molecular flexibility index (Phi) is 4.81. The summed E-state index contributed by atoms with van der Waals surface area (Å²) in [7, 11) is 0. The number of primary amides is 1. The number of carbonyl (C=O) groups excluding carboxylic acids is 1. The van der Waals surface area contributed by atoms with Crippen molar-refractivity contribution in [2.45, 2.75) is 44.8 Å². The van der Waals surface area contributed by atoms with Crippen molar-refractivity contribution in [2.24, 2.45) is 11.7 Å². The largest absolute Gasteiger partial charge is 0.378 e. The summed E-state index contributed by atoms with van der Waals surface area (Å²) in [6, 6.07) is 0. The Morgan fingerprint density at radius 3 is 2.89 bits per heavy atom. The fourth-order valence-corrected chi connectivity index (χ4v) is 3.24. The van der Waals surface area contributed by atoms with E-state index in [-0.39, 0.29) is 12.0 Å². The average Bonchev–Trinajstić information content (AvgIpc) is 2.67. The summed E-state index contributed by atoms with van der Waals surface area (Å²) >= 11 is 0. The summed E-state index contributed by atoms with van der Waals surface area (Å²) in [6.45, 7) is 8.72. The van der Waals surface area contributed by atoms with E-state index in [1.165, 1.54) is 0 Å². The van der Waals surface area contributed by atoms with E-state index in [9.17, 15) is 4.79 Å². The van der Waals surface area contributed by atoms with Gasteiger partial charge in [0.2, 0.25) is 5.91 Å². The molecule has 0 bridgehead atoms. The van der Waals surface area contributed by atoms with E-state index in [0.717, 1.165) is 45.4 Å². The normalized spacial score (nSPS) is 34.2. The van der Waals surface area contributed by atoms with Gasteiger partial charge in [0.1, 0.15) is 5.54 Å². The highest BCUT2D eigenvalue weighted by molar-refractivity contribution is 5.85. The van der Waals surface area contributed by atoms with Gasteiger partial charge in [-0.15, -0.1) is 0 Å². The van der Waals surface area contributed by atoms with Crippen LogP contribution in [0, 0.1) is 5.92 Å². The van der Waals surface area contributed by atoms with Crippen molar-refractivity contribution in [1.82, 2.24) is 10.2 Å². The minimum atomic E-state index is -0.501. The first-order valence-electron chi connectivity index (χ1n) is 7.43. The van der Waals surface area contributed by atoms with Gasteiger partial charge in [-0.05, 0) is 25.3 Å². The molecule has 0 aliphatic carbocycles. The van der Waals surface area contributed by atoms with Crippen LogP contribution in [0.15, 0.2) is 0 Å². The van der Waals surface area contributed by atoms with Crippen molar-refractivity contribution >= 4 is 5.91 Å². The number of nitrogens with zero attached hydrogens (tertiary/aromatic N) is 1. The number of carbonyl (C=O) groups is 1. The van der Waals surface area contributed by atoms with E-state index in [1.54, 1.807) is 0 Å². The van der Waals surface area contributed by atoms with Crippen molar-refractivity contribution in [3.8, 4) is 0 Å². The van der Waals surface area contributed by atoms with Gasteiger partial charge in [0, 0.05) is 32.7 Å². The van der Waals surface area contributed by atoms with Crippen molar-refractivity contribution in [3.63, 3.8) is 0 Å². The molecule has 2 unspecified atom stereocenters. The zero-order valence-corrected chi connectivity index (χ0v) is 12.2. The Bertz CT molecular complexity index is 314. The number of ether oxygens (including phenoxy) is 1. The molecule has 2 aliphatic rings. The van der Waals surface area contributed by atoms with Crippen LogP contribution < -0.4 is 11.1 Å². The highest BCUT2D eigenvalue weighted by atomic mass is 16.5. The molecule has 0 radical (unpaired) electrons. The molecule has 19 heavy (non-hydrogen) atoms. The highest BCUT2D eigenvalue weighted by Gasteiger charge is 2.47. The van der Waals surface area contributed by atoms with Crippen LogP contribution in [0.2, 0.25) is 0 Å². The van der Waals surface area contributed by atoms with Gasteiger partial charge >= 0.3 is 0 Å². The number of rotatable bonds is 3. The lowest BCUT2D eigenvalue weighted by molar-refractivity contribution is -0.145. The molecule has 0 aromatic carbocycles. The van der Waals surface area contributed by atoms with Crippen LogP contribution in [0.4, 0.5) is 0 Å². The van der Waals surface area contributed by atoms with E-state index in [2.05, 4.69) is 24.1 Å². The van der Waals surface area contributed by atoms with Crippen molar-refractivity contribution in [2.75, 3.05) is 32.8 Å². The molecule has 2 fully saturated rings. The fraction of sp³-hybridized carbons (Fsp3) is 0.929. The van der Waals surface area contributed by atoms with Gasteiger partial charge in [-0.2, -0.15) is 0 Å². The summed E-state index contributed by atoms with van der Waals surface area (Å²) in [4.78, 5) is 14.5. The van der Waals surface area contributed by atoms with E-state index < -0.39 is 5.54 Å². The minimum Gasteiger partial charge on any atom is -0.378 e. The molecular weight excluding hydrogens is 242 g/mol. The van der Waals surface area contributed by atoms with Crippen molar-refractivity contribution < 1.29 is 9.53 Å². The predicted molar refractivity (Wildman–Crippen MR) is 74.8 cm³/mol. The number of nitrogens with one attached hydrogen (secondary N) is 1. The Balaban J connectivity index is 2.18. The smallest absolute Gasteiger partial charge is 0.238 e. The SMILES string of the molecule is CC(C)C1CC(C(N)=O)(N2CCCNCC2)CCO1. The molecule has 0 aromatic heterocycles. The Morgan fingerprint density at radius 2 is 2.21 bits per heavy atom. The van der Waals surface area contributed by atoms with E-state index in [1.807, 2.05) is 0 Å². The molecular formula is C14H27N3O2. The first-order valence-corrected chi connectivity index (χ1v) is 7.43. The zero-order valence-electron chi connectivity index (χ0n) is 12.2. The van der Waals surface area contributed by atoms with E-state index in [4.69, 9.17) is 10.5 Å². The first kappa shape index (κ1) is 14.8. The molecule has 5 heteroatoms. The van der Waals surface area contributed by atoms with E-state index in [0.29, 0.717) is 12.5 Å². The van der Waals surface area contributed by atoms with Crippen LogP contribution >= 0.6 is 0 Å². The minimum absolute atomic E-state index is 0.137. The maximum absolute atomic E-state index is 12.2. The molecule has 0 saturated carbocycles. The van der Waals surface area contributed by atoms with Gasteiger partial charge in [0.05, 0.1) is 6.10 Å². The first-order chi connectivity index (χ1) is 9.06. The van der Waals surface area contributed by atoms with Gasteiger partial charge < -0.3 is 15.8 Å². The third kappa shape index (κ3) is 3.09. The van der Waals surface area contributed by atoms with Crippen molar-refractivity contribution in [3.05, 3.63) is 0 Å². The third-order valence-electron chi connectivity index (χ3n) is 4.53. The maximum atomic E-state index is 12.2. The van der Waals surface area contributed by atoms with Gasteiger partial charge in [0.15, 0.2) is 0 Å². The molecule has 2 atom stereocenters. The number of amides is 1. The van der Waals surface area contributed by atoms with Crippen LogP contribution in [-0.2, 0) is 9.53 Å². The highest BCUT2D eigenvalue weighted by Crippen LogP contribution is 2.34. The van der Waals surface area contributed by atoms with Crippen LogP contribution in [0.25, 0.3) is 0 Å². The Hall–Kier alpha value is -0.650. The predicted octanol–water partition coefficient (Wildman–Crippen LogP) is 0.341. The van der Waals surface area contributed by atoms with Gasteiger partial charge in [-0.3, -0.25) is 9.69 Å². The van der Waals surface area contributed by atoms with Crippen LogP contribution in [0.1, 0.15) is 33.1 Å². The lowest BCUT2D eigenvalue weighted by atomic mass is 9.81. The van der Waals surface area contributed by atoms with Gasteiger partial charge in [0.25, 0.3) is 0 Å². The Labute approximate surface area is 115 Å². The summed E-state index contributed by atoms with van der Waals surface area (Å²) in [5.74, 6) is 0.243. The van der Waals surface area contributed by atoms with Crippen LogP contribution in [0.3, 0.4) is 0 Å². The number of hydrogen-bond acceptors (Lipinski definition) is 4. The Morgan fingerprint density at radius 1 is 1.42 bits per heavy atom. The quantitative estimate of drug-likeness (QED) is 0.775. The molecule has 2 rings (SSSR count). The summed E-state index contributed by atoms with van der Waals surface area (Å²) in [5, 5.41) is 3.38. The van der Waals surface area contributed by atoms with Crippen LogP contribution in [0.5, 0.6) is 0 Å². The standard InChI is InChI=1S/C14H27N3O2/c1-11(2)12-10-14(13(15)18,4-9-19-12)17-7-3-5-16-6-8-17/h11-12,16H,3-10H2,1-2H3,(H2,15,18). The lowest BCUT2D eigenvalue weighted by Crippen LogP contribution is -2.62. The van der Waals surface area contributed by atoms with Crippen molar-refractivity contribution in [1.29, 1.82) is 0 Å². The molecule has 1 amide bonds. The zero-order chi connectivity index (χ0) is 13.9. The topological polar surface area (TPSA) is 67.6 Å². The molecule has 2 heterocycles. The van der Waals surface area contributed by atoms with Gasteiger partial charge in [-0.25, -0.2) is 0 Å². The molecule has 0 spiro atoms. The molecule has 2 saturated heterocycles. The summed E-state index contributed by atoms with van der Waals surface area (Å²) < 4.78 is 5.82. The second kappa shape index (κ2) is 6.20. The lowest BCUT2D eigenvalue weighted by Gasteiger charge is -2.46. The van der Waals surface area contributed by atoms with Crippen LogP contribution in [-0.4, -0.2) is 55.2 Å². The molecule has 0 aromatic rings. The van der Waals surface area contributed by atoms with E-state index >= 15 is 0 Å². The number of hydrogen-bond donors (Lipinski definition) is 2.